The molecule has 3 rings (SSSR count). The largest absolute Gasteiger partial charge is 0.357 e. The van der Waals surface area contributed by atoms with Gasteiger partial charge in [0.05, 0.1) is 0 Å². The Morgan fingerprint density at radius 3 is 2.41 bits per heavy atom. The third-order valence-corrected chi connectivity index (χ3v) is 5.22. The van der Waals surface area contributed by atoms with Gasteiger partial charge < -0.3 is 15.5 Å². The summed E-state index contributed by atoms with van der Waals surface area (Å²) in [6.45, 7) is 5.91. The first-order valence-corrected chi connectivity index (χ1v) is 10.0. The number of nitrogens with one attached hydrogen (secondary N) is 2. The Morgan fingerprint density at radius 1 is 1.10 bits per heavy atom. The molecule has 2 heterocycles. The molecule has 0 aliphatic carbocycles. The van der Waals surface area contributed by atoms with Crippen LogP contribution in [-0.4, -0.2) is 37.6 Å². The van der Waals surface area contributed by atoms with Crippen LogP contribution in [0, 0.1) is 11.7 Å². The molecular weight excluding hydrogens is 480 g/mol. The van der Waals surface area contributed by atoms with Crippen molar-refractivity contribution in [3.05, 3.63) is 59.5 Å². The molecule has 1 saturated heterocycles. The van der Waals surface area contributed by atoms with Crippen LogP contribution in [0.4, 0.5) is 10.2 Å². The molecule has 0 spiro atoms. The predicted octanol–water partition coefficient (Wildman–Crippen LogP) is 3.98. The highest BCUT2D eigenvalue weighted by molar-refractivity contribution is 14.0. The van der Waals surface area contributed by atoms with Crippen LogP contribution in [0.2, 0.25) is 0 Å². The number of benzene rings is 1. The normalized spacial score (nSPS) is 15.0. The number of anilines is 1. The van der Waals surface area contributed by atoms with Crippen LogP contribution in [0.25, 0.3) is 0 Å². The highest BCUT2D eigenvalue weighted by Gasteiger charge is 2.16. The molecule has 7 heteroatoms. The van der Waals surface area contributed by atoms with E-state index < -0.39 is 0 Å². The standard InChI is InChI=1S/C22H30FN5.HI/c1-17-10-13-28(14-11-17)21-8-5-19(15-26-21)16-27-22(24-2)25-12-9-18-3-6-20(23)7-4-18;/h3-8,15,17H,9-14,16H2,1-2H3,(H2,24,25,27);1H. The second kappa shape index (κ2) is 11.9. The maximum absolute atomic E-state index is 12.9. The molecule has 0 saturated carbocycles. The third kappa shape index (κ3) is 7.45. The van der Waals surface area contributed by atoms with Gasteiger partial charge >= 0.3 is 0 Å². The molecular formula is C22H31FIN5. The smallest absolute Gasteiger partial charge is 0.191 e. The second-order valence-electron chi connectivity index (χ2n) is 7.42. The highest BCUT2D eigenvalue weighted by Crippen LogP contribution is 2.21. The Morgan fingerprint density at radius 2 is 1.79 bits per heavy atom. The fraction of sp³-hybridized carbons (Fsp3) is 0.455. The number of guanidine groups is 1. The number of rotatable bonds is 6. The Balaban J connectivity index is 0.00000300. The van der Waals surface area contributed by atoms with E-state index in [1.165, 1.54) is 25.0 Å². The van der Waals surface area contributed by atoms with Crippen LogP contribution >= 0.6 is 24.0 Å². The van der Waals surface area contributed by atoms with Crippen molar-refractivity contribution >= 4 is 35.8 Å². The summed E-state index contributed by atoms with van der Waals surface area (Å²) in [5.74, 6) is 2.43. The van der Waals surface area contributed by atoms with Gasteiger partial charge in [0.25, 0.3) is 0 Å². The van der Waals surface area contributed by atoms with Gasteiger partial charge in [-0.25, -0.2) is 9.37 Å². The van der Waals surface area contributed by atoms with E-state index in [9.17, 15) is 4.39 Å². The molecule has 1 fully saturated rings. The average Bonchev–Trinajstić information content (AvgIpc) is 2.73. The molecule has 5 nitrogen and oxygen atoms in total. The minimum absolute atomic E-state index is 0. The molecule has 0 unspecified atom stereocenters. The number of hydrogen-bond donors (Lipinski definition) is 2. The van der Waals surface area contributed by atoms with Crippen molar-refractivity contribution in [2.75, 3.05) is 31.6 Å². The lowest BCUT2D eigenvalue weighted by Gasteiger charge is -2.31. The van der Waals surface area contributed by atoms with Gasteiger partial charge in [0, 0.05) is 39.4 Å². The Labute approximate surface area is 190 Å². The number of piperidine rings is 1. The molecule has 0 amide bonds. The monoisotopic (exact) mass is 511 g/mol. The van der Waals surface area contributed by atoms with E-state index in [-0.39, 0.29) is 29.8 Å². The fourth-order valence-corrected chi connectivity index (χ4v) is 3.33. The minimum Gasteiger partial charge on any atom is -0.357 e. The number of hydrogen-bond acceptors (Lipinski definition) is 3. The summed E-state index contributed by atoms with van der Waals surface area (Å²) in [5.41, 5.74) is 2.21. The van der Waals surface area contributed by atoms with Gasteiger partial charge in [0.15, 0.2) is 5.96 Å². The Bertz CT molecular complexity index is 756. The summed E-state index contributed by atoms with van der Waals surface area (Å²) in [5, 5.41) is 6.60. The van der Waals surface area contributed by atoms with Crippen molar-refractivity contribution in [2.24, 2.45) is 10.9 Å². The van der Waals surface area contributed by atoms with Gasteiger partial charge in [-0.1, -0.05) is 25.1 Å². The van der Waals surface area contributed by atoms with Crippen molar-refractivity contribution in [1.82, 2.24) is 15.6 Å². The quantitative estimate of drug-likeness (QED) is 0.350. The summed E-state index contributed by atoms with van der Waals surface area (Å²) in [6.07, 6.45) is 5.23. The second-order valence-corrected chi connectivity index (χ2v) is 7.42. The predicted molar refractivity (Wildman–Crippen MR) is 129 cm³/mol. The van der Waals surface area contributed by atoms with Crippen LogP contribution < -0.4 is 15.5 Å². The fourth-order valence-electron chi connectivity index (χ4n) is 3.33. The van der Waals surface area contributed by atoms with E-state index in [4.69, 9.17) is 0 Å². The van der Waals surface area contributed by atoms with Crippen molar-refractivity contribution in [3.8, 4) is 0 Å². The van der Waals surface area contributed by atoms with E-state index >= 15 is 0 Å². The van der Waals surface area contributed by atoms with Crippen LogP contribution in [0.3, 0.4) is 0 Å². The molecule has 1 aliphatic rings. The first-order chi connectivity index (χ1) is 13.6. The minimum atomic E-state index is -0.205. The zero-order chi connectivity index (χ0) is 19.8. The number of aromatic nitrogens is 1. The van der Waals surface area contributed by atoms with E-state index in [0.717, 1.165) is 54.9 Å². The van der Waals surface area contributed by atoms with E-state index in [1.807, 2.05) is 18.3 Å². The van der Waals surface area contributed by atoms with Gasteiger partial charge in [0.1, 0.15) is 11.6 Å². The Kier molecular flexibility index (Phi) is 9.63. The van der Waals surface area contributed by atoms with Crippen molar-refractivity contribution in [1.29, 1.82) is 0 Å². The zero-order valence-corrected chi connectivity index (χ0v) is 19.5. The summed E-state index contributed by atoms with van der Waals surface area (Å²) in [7, 11) is 1.76. The maximum atomic E-state index is 12.9. The van der Waals surface area contributed by atoms with Crippen molar-refractivity contribution in [2.45, 2.75) is 32.7 Å². The zero-order valence-electron chi connectivity index (χ0n) is 17.2. The number of halogens is 2. The molecule has 29 heavy (non-hydrogen) atoms. The lowest BCUT2D eigenvalue weighted by molar-refractivity contribution is 0.436. The molecule has 0 bridgehead atoms. The molecule has 158 valence electrons. The van der Waals surface area contributed by atoms with Gasteiger partial charge in [-0.15, -0.1) is 24.0 Å². The van der Waals surface area contributed by atoms with Gasteiger partial charge in [0.2, 0.25) is 0 Å². The van der Waals surface area contributed by atoms with Crippen LogP contribution in [0.1, 0.15) is 30.9 Å². The first-order valence-electron chi connectivity index (χ1n) is 10.0. The van der Waals surface area contributed by atoms with Gasteiger partial charge in [-0.05, 0) is 54.5 Å². The molecule has 2 N–H and O–H groups in total. The van der Waals surface area contributed by atoms with E-state index in [0.29, 0.717) is 6.54 Å². The summed E-state index contributed by atoms with van der Waals surface area (Å²) >= 11 is 0. The number of aliphatic imine (C=N–C) groups is 1. The summed E-state index contributed by atoms with van der Waals surface area (Å²) in [4.78, 5) is 11.3. The van der Waals surface area contributed by atoms with Crippen molar-refractivity contribution < 1.29 is 4.39 Å². The summed E-state index contributed by atoms with van der Waals surface area (Å²) in [6, 6.07) is 10.8. The topological polar surface area (TPSA) is 52.6 Å². The van der Waals surface area contributed by atoms with Crippen LogP contribution in [-0.2, 0) is 13.0 Å². The lowest BCUT2D eigenvalue weighted by Crippen LogP contribution is -2.38. The molecule has 1 aliphatic heterocycles. The first kappa shape index (κ1) is 23.4. The Hall–Kier alpha value is -1.90. The number of pyridine rings is 1. The molecule has 1 aromatic carbocycles. The average molecular weight is 511 g/mol. The molecule has 0 atom stereocenters. The molecule has 2 aromatic rings. The third-order valence-electron chi connectivity index (χ3n) is 5.22. The maximum Gasteiger partial charge on any atom is 0.191 e. The SMILES string of the molecule is CN=C(NCCc1ccc(F)cc1)NCc1ccc(N2CCC(C)CC2)nc1.I. The van der Waals surface area contributed by atoms with E-state index in [2.05, 4.69) is 44.6 Å². The van der Waals surface area contributed by atoms with E-state index in [1.54, 1.807) is 7.05 Å². The molecule has 1 aromatic heterocycles. The summed E-state index contributed by atoms with van der Waals surface area (Å²) < 4.78 is 12.9. The van der Waals surface area contributed by atoms with Crippen molar-refractivity contribution in [3.63, 3.8) is 0 Å². The highest BCUT2D eigenvalue weighted by atomic mass is 127. The molecule has 0 radical (unpaired) electrons. The number of nitrogens with zero attached hydrogens (tertiary/aromatic N) is 3. The lowest BCUT2D eigenvalue weighted by atomic mass is 9.99. The van der Waals surface area contributed by atoms with Crippen LogP contribution in [0.15, 0.2) is 47.6 Å². The van der Waals surface area contributed by atoms with Crippen LogP contribution in [0.5, 0.6) is 0 Å². The van der Waals surface area contributed by atoms with Gasteiger partial charge in [-0.2, -0.15) is 0 Å². The van der Waals surface area contributed by atoms with Gasteiger partial charge in [-0.3, -0.25) is 4.99 Å².